The highest BCUT2D eigenvalue weighted by Crippen LogP contribution is 2.34. The molecule has 0 radical (unpaired) electrons. The van der Waals surface area contributed by atoms with Crippen LogP contribution in [0.15, 0.2) is 60.2 Å². The van der Waals surface area contributed by atoms with Crippen LogP contribution in [0.2, 0.25) is 0 Å². The molecule has 8 unspecified atom stereocenters. The zero-order chi connectivity index (χ0) is 61.1. The van der Waals surface area contributed by atoms with Crippen LogP contribution in [-0.4, -0.2) is 140 Å². The van der Waals surface area contributed by atoms with Crippen molar-refractivity contribution in [1.29, 1.82) is 0 Å². The van der Waals surface area contributed by atoms with E-state index in [-0.39, 0.29) is 87.3 Å². The predicted molar refractivity (Wildman–Crippen MR) is 304 cm³/mol. The first-order valence-electron chi connectivity index (χ1n) is 27.5. The molecule has 456 valence electrons. The number of primary amides is 2. The van der Waals surface area contributed by atoms with Crippen molar-refractivity contribution in [1.82, 2.24) is 32.1 Å². The summed E-state index contributed by atoms with van der Waals surface area (Å²) in [5.41, 5.74) is 20.4. The van der Waals surface area contributed by atoms with Gasteiger partial charge in [0.15, 0.2) is 0 Å². The predicted octanol–water partition coefficient (Wildman–Crippen LogP) is 3.37. The molecule has 0 aliphatic carbocycles. The van der Waals surface area contributed by atoms with Gasteiger partial charge >= 0.3 is 18.1 Å². The van der Waals surface area contributed by atoms with Gasteiger partial charge in [-0.3, -0.25) is 39.0 Å². The number of allylic oxidation sites excluding steroid dienone is 2. The second-order valence-corrected chi connectivity index (χ2v) is 20.2. The second kappa shape index (κ2) is 39.5. The Morgan fingerprint density at radius 3 is 2.17 bits per heavy atom. The maximum atomic E-state index is 13.3. The van der Waals surface area contributed by atoms with Gasteiger partial charge in [0.1, 0.15) is 31.0 Å². The molecule has 0 aromatic heterocycles. The van der Waals surface area contributed by atoms with E-state index in [2.05, 4.69) is 63.9 Å². The number of amides is 9. The highest BCUT2D eigenvalue weighted by atomic mass is 16.6. The Labute approximate surface area is 476 Å². The van der Waals surface area contributed by atoms with Crippen LogP contribution in [0.25, 0.3) is 0 Å². The average Bonchev–Trinajstić information content (AvgIpc) is 3.44. The van der Waals surface area contributed by atoms with E-state index in [1.807, 2.05) is 26.0 Å². The highest BCUT2D eigenvalue weighted by molar-refractivity contribution is 5.97. The molecule has 0 spiro atoms. The van der Waals surface area contributed by atoms with Crippen molar-refractivity contribution in [2.75, 3.05) is 32.1 Å². The van der Waals surface area contributed by atoms with Gasteiger partial charge in [0, 0.05) is 52.1 Å². The largest absolute Gasteiger partial charge is 0.459 e. The van der Waals surface area contributed by atoms with Crippen molar-refractivity contribution in [2.45, 2.75) is 194 Å². The molecule has 25 heteroatoms. The number of carbonyl (C=O) groups is 9. The number of aliphatic hydroxyl groups is 1. The number of methoxy groups -OCH3 is 1. The molecule has 0 saturated carbocycles. The van der Waals surface area contributed by atoms with Gasteiger partial charge in [-0.05, 0) is 102 Å². The molecule has 10 atom stereocenters. The van der Waals surface area contributed by atoms with Crippen LogP contribution in [0.4, 0.5) is 15.3 Å². The number of nitrogens with one attached hydrogen (secondary N) is 7. The summed E-state index contributed by atoms with van der Waals surface area (Å²) < 4.78 is 28.5. The fraction of sp³-hybridized carbons (Fsp3) is 0.625. The number of urea groups is 1. The standard InChI is InChI=1S/C51H79N9O14.C3H8.C2H5NO/c1-31(14-21-41-32(2)26-40(34(4)73-41)58-44(63)23-16-33(3)72-35(5)61)15-22-42-47(66)51(6,70-7)28-38(74-42)27-45(64)59-60-50(69)71-30-36-17-19-37(20-18-36)56-48(67)39(12-11-25-54-49(53)68)57-46(65)29-55-43(62)13-9-8-10-24-52;1-3-2;1-2(3)4/h14-20,22-23,32-34,38-42,47,66H,8-13,21,24-30,52H2,1-7H3,(H,55,62)(H,56,67)(H,57,65)(H,58,63)(H,59,64)(H,60,69)(H3,53,54,68);3H2,1-2H3;1H3,(H2,3,4)/b22-15+,23-16-,31-14+;;/t32?,33?,34?,38-,39?,40?,41?,42?,47-,51?;;/m1../s1. The Hall–Kier alpha value is -6.93. The fourth-order valence-electron chi connectivity index (χ4n) is 8.21. The maximum Gasteiger partial charge on any atom is 0.426 e. The van der Waals surface area contributed by atoms with Gasteiger partial charge in [0.25, 0.3) is 0 Å². The van der Waals surface area contributed by atoms with Crippen LogP contribution in [0.1, 0.15) is 139 Å². The van der Waals surface area contributed by atoms with E-state index in [4.69, 9.17) is 35.2 Å². The minimum absolute atomic E-state index is 0.103. The van der Waals surface area contributed by atoms with E-state index in [1.54, 1.807) is 44.2 Å². The van der Waals surface area contributed by atoms with Gasteiger partial charge < -0.3 is 72.6 Å². The number of hydrogen-bond donors (Lipinski definition) is 11. The van der Waals surface area contributed by atoms with Crippen molar-refractivity contribution in [3.05, 3.63) is 65.8 Å². The van der Waals surface area contributed by atoms with E-state index in [9.17, 15) is 48.3 Å². The SMILES string of the molecule is CC(N)=O.CCC.COC1(C)C[C@@H](CC(=O)NNC(=O)OCc2ccc(NC(=O)C(CCCNC(N)=O)NC(=O)CNC(=O)CCCCCN)cc2)OC(/C=C/C(C)=C/CC2OC(C)C(NC(=O)/C=C\C(C)OC(C)=O)CC2C)[C@H]1O. The van der Waals surface area contributed by atoms with Crippen molar-refractivity contribution in [2.24, 2.45) is 23.1 Å². The number of carbonyl (C=O) groups excluding carboxylic acids is 9. The van der Waals surface area contributed by atoms with Crippen molar-refractivity contribution in [3.63, 3.8) is 0 Å². The van der Waals surface area contributed by atoms with E-state index in [0.717, 1.165) is 18.4 Å². The summed E-state index contributed by atoms with van der Waals surface area (Å²) >= 11 is 0. The quantitative estimate of drug-likeness (QED) is 0.0198. The Balaban J connectivity index is 0.00000442. The summed E-state index contributed by atoms with van der Waals surface area (Å²) in [6.45, 7) is 16.3. The number of esters is 1. The molecule has 81 heavy (non-hydrogen) atoms. The summed E-state index contributed by atoms with van der Waals surface area (Å²) in [7, 11) is 1.47. The monoisotopic (exact) mass is 1140 g/mol. The molecule has 2 saturated heterocycles. The third-order valence-corrected chi connectivity index (χ3v) is 12.5. The van der Waals surface area contributed by atoms with Crippen LogP contribution in [0.5, 0.6) is 0 Å². The molecule has 9 amide bonds. The summed E-state index contributed by atoms with van der Waals surface area (Å²) in [5, 5.41) is 24.6. The Morgan fingerprint density at radius 1 is 0.889 bits per heavy atom. The van der Waals surface area contributed by atoms with Gasteiger partial charge in [-0.15, -0.1) is 0 Å². The lowest BCUT2D eigenvalue weighted by Gasteiger charge is -2.44. The fourth-order valence-corrected chi connectivity index (χ4v) is 8.21. The molecule has 1 aromatic rings. The molecular weight excluding hydrogens is 1050 g/mol. The van der Waals surface area contributed by atoms with Crippen molar-refractivity contribution < 1.29 is 71.9 Å². The second-order valence-electron chi connectivity index (χ2n) is 20.2. The van der Waals surface area contributed by atoms with E-state index in [0.29, 0.717) is 43.5 Å². The number of ether oxygens (including phenoxy) is 5. The van der Waals surface area contributed by atoms with Crippen molar-refractivity contribution >= 4 is 59.2 Å². The minimum atomic E-state index is -1.06. The van der Waals surface area contributed by atoms with E-state index >= 15 is 0 Å². The summed E-state index contributed by atoms with van der Waals surface area (Å²) in [6.07, 6.45) is 9.51. The number of nitrogens with two attached hydrogens (primary N) is 3. The maximum absolute atomic E-state index is 13.3. The van der Waals surface area contributed by atoms with Gasteiger partial charge in [-0.2, -0.15) is 0 Å². The Kier molecular flexibility index (Phi) is 35.1. The molecule has 2 aliphatic rings. The van der Waals surface area contributed by atoms with Gasteiger partial charge in [-0.25, -0.2) is 15.0 Å². The minimum Gasteiger partial charge on any atom is -0.459 e. The van der Waals surface area contributed by atoms with Crippen LogP contribution in [0, 0.1) is 5.92 Å². The lowest BCUT2D eigenvalue weighted by Crippen LogP contribution is -2.57. The van der Waals surface area contributed by atoms with E-state index < -0.39 is 71.9 Å². The van der Waals surface area contributed by atoms with Crippen molar-refractivity contribution in [3.8, 4) is 0 Å². The van der Waals surface area contributed by atoms with Crippen LogP contribution < -0.4 is 54.6 Å². The lowest BCUT2D eigenvalue weighted by molar-refractivity contribution is -0.207. The average molecular weight is 1150 g/mol. The number of aliphatic hydroxyl groups excluding tert-OH is 1. The molecule has 14 N–H and O–H groups in total. The van der Waals surface area contributed by atoms with Crippen LogP contribution in [-0.2, 0) is 63.9 Å². The molecule has 2 heterocycles. The number of anilines is 1. The van der Waals surface area contributed by atoms with E-state index in [1.165, 1.54) is 39.5 Å². The molecule has 25 nitrogen and oxygen atoms in total. The zero-order valence-corrected chi connectivity index (χ0v) is 48.9. The van der Waals surface area contributed by atoms with Gasteiger partial charge in [0.05, 0.1) is 42.9 Å². The number of unbranched alkanes of at least 4 members (excludes halogenated alkanes) is 2. The highest BCUT2D eigenvalue weighted by Gasteiger charge is 2.46. The molecular formula is C56H92N10O15. The third-order valence-electron chi connectivity index (χ3n) is 12.5. The molecule has 0 bridgehead atoms. The first-order chi connectivity index (χ1) is 38.2. The first-order valence-corrected chi connectivity index (χ1v) is 27.5. The lowest BCUT2D eigenvalue weighted by atomic mass is 9.84. The molecule has 2 aliphatic heterocycles. The Bertz CT molecular complexity index is 2240. The van der Waals surface area contributed by atoms with Crippen LogP contribution in [0.3, 0.4) is 0 Å². The normalized spacial score (nSPS) is 22.2. The molecule has 2 fully saturated rings. The number of rotatable bonds is 27. The topological polar surface area (TPSA) is 382 Å². The Morgan fingerprint density at radius 2 is 1.56 bits per heavy atom. The summed E-state index contributed by atoms with van der Waals surface area (Å²) in [5.74, 6) is -2.94. The zero-order valence-electron chi connectivity index (χ0n) is 48.9. The number of hydrazine groups is 1. The number of benzene rings is 1. The first kappa shape index (κ1) is 72.1. The smallest absolute Gasteiger partial charge is 0.426 e. The summed E-state index contributed by atoms with van der Waals surface area (Å²) in [4.78, 5) is 108. The van der Waals surface area contributed by atoms with Crippen LogP contribution >= 0.6 is 0 Å². The molecule has 1 aromatic carbocycles. The molecule has 3 rings (SSSR count). The summed E-state index contributed by atoms with van der Waals surface area (Å²) in [6, 6.07) is 4.39. The third kappa shape index (κ3) is 31.6. The number of hydrogen-bond acceptors (Lipinski definition) is 16. The van der Waals surface area contributed by atoms with Gasteiger partial charge in [-0.1, -0.05) is 69.5 Å². The van der Waals surface area contributed by atoms with Gasteiger partial charge in [0.2, 0.25) is 35.4 Å².